The molecule has 3 nitrogen and oxygen atoms in total. The van der Waals surface area contributed by atoms with Crippen LogP contribution in [-0.4, -0.2) is 13.4 Å². The number of hydrogen-bond acceptors (Lipinski definition) is 0. The van der Waals surface area contributed by atoms with E-state index in [1.54, 1.807) is 0 Å². The molecule has 0 N–H and O–H groups in total. The molecule has 0 unspecified atom stereocenters. The molecule has 3 heteroatoms. The Morgan fingerprint density at radius 2 is 0.808 bits per heavy atom. The second kappa shape index (κ2) is 9.28. The molecule has 0 radical (unpaired) electrons. The highest BCUT2D eigenvalue weighted by Gasteiger charge is 2.45. The number of hydrogen-bond donors (Lipinski definition) is 0. The van der Waals surface area contributed by atoms with Crippen molar-refractivity contribution >= 4 is 76.5 Å². The van der Waals surface area contributed by atoms with Crippen molar-refractivity contribution in [3.8, 4) is 5.69 Å². The summed E-state index contributed by atoms with van der Waals surface area (Å²) in [6.45, 7) is 0. The average Bonchev–Trinajstić information content (AvgIpc) is 3.85. The number of para-hydroxylation sites is 5. The van der Waals surface area contributed by atoms with Crippen LogP contribution in [0, 0.1) is 0 Å². The average molecular weight is 660 g/mol. The van der Waals surface area contributed by atoms with Crippen LogP contribution in [0.15, 0.2) is 176 Å². The lowest BCUT2D eigenvalue weighted by Crippen LogP contribution is -2.35. The molecule has 12 aromatic rings. The highest BCUT2D eigenvalue weighted by Crippen LogP contribution is 2.54. The molecule has 13 rings (SSSR count). The number of fused-ring (bicyclic) bond motifs is 13. The van der Waals surface area contributed by atoms with Crippen molar-refractivity contribution in [2.24, 2.45) is 0 Å². The van der Waals surface area contributed by atoms with Crippen molar-refractivity contribution in [1.82, 2.24) is 13.4 Å². The number of aromatic nitrogens is 3. The summed E-state index contributed by atoms with van der Waals surface area (Å²) in [5, 5.41) is 7.71. The first-order chi connectivity index (χ1) is 25.8. The maximum absolute atomic E-state index is 2.56. The maximum atomic E-state index is 2.56. The third-order valence-corrected chi connectivity index (χ3v) is 12.2. The van der Waals surface area contributed by atoms with E-state index >= 15 is 0 Å². The molecule has 0 saturated heterocycles. The lowest BCUT2D eigenvalue weighted by atomic mass is 9.63. The van der Waals surface area contributed by atoms with Crippen LogP contribution in [0.3, 0.4) is 0 Å². The van der Waals surface area contributed by atoms with E-state index < -0.39 is 5.41 Å². The van der Waals surface area contributed by atoms with Crippen molar-refractivity contribution in [1.29, 1.82) is 0 Å². The monoisotopic (exact) mass is 659 g/mol. The molecule has 1 aliphatic heterocycles. The Labute approximate surface area is 298 Å². The summed E-state index contributed by atoms with van der Waals surface area (Å²) in [7, 11) is 0. The fraction of sp³-hybridized carbons (Fsp3) is 0.0204. The van der Waals surface area contributed by atoms with Gasteiger partial charge in [0.25, 0.3) is 0 Å². The molecule has 0 atom stereocenters. The topological polar surface area (TPSA) is 13.8 Å². The van der Waals surface area contributed by atoms with Gasteiger partial charge in [-0.15, -0.1) is 0 Å². The molecular formula is C49H29N3. The zero-order valence-electron chi connectivity index (χ0n) is 28.1. The second-order valence-electron chi connectivity index (χ2n) is 14.5. The Bertz CT molecular complexity index is 3410. The molecule has 1 aliphatic rings. The van der Waals surface area contributed by atoms with Crippen molar-refractivity contribution in [3.63, 3.8) is 0 Å². The van der Waals surface area contributed by atoms with E-state index in [0.717, 1.165) is 0 Å². The van der Waals surface area contributed by atoms with Crippen molar-refractivity contribution < 1.29 is 0 Å². The molecule has 0 aliphatic carbocycles. The van der Waals surface area contributed by atoms with Gasteiger partial charge < -0.3 is 13.4 Å². The Kier molecular flexibility index (Phi) is 4.81. The van der Waals surface area contributed by atoms with Crippen LogP contribution >= 0.6 is 0 Å². The van der Waals surface area contributed by atoms with Gasteiger partial charge in [0.05, 0.1) is 55.2 Å². The quantitative estimate of drug-likeness (QED) is 0.164. The first kappa shape index (κ1) is 27.0. The Morgan fingerprint density at radius 1 is 0.308 bits per heavy atom. The van der Waals surface area contributed by atoms with Crippen LogP contribution < -0.4 is 0 Å². The molecule has 52 heavy (non-hydrogen) atoms. The molecule has 0 amide bonds. The van der Waals surface area contributed by atoms with Gasteiger partial charge in [0.15, 0.2) is 0 Å². The van der Waals surface area contributed by atoms with E-state index in [9.17, 15) is 0 Å². The van der Waals surface area contributed by atoms with Gasteiger partial charge in [-0.05, 0) is 58.7 Å². The van der Waals surface area contributed by atoms with Gasteiger partial charge in [0, 0.05) is 32.3 Å². The summed E-state index contributed by atoms with van der Waals surface area (Å²) in [4.78, 5) is 0. The van der Waals surface area contributed by atoms with Gasteiger partial charge in [0.1, 0.15) is 0 Å². The van der Waals surface area contributed by atoms with Crippen molar-refractivity contribution in [2.45, 2.75) is 5.41 Å². The molecular weight excluding hydrogens is 631 g/mol. The third kappa shape index (κ3) is 2.95. The Hall–Kier alpha value is -6.84. The fourth-order valence-electron chi connectivity index (χ4n) is 10.3. The molecule has 0 saturated carbocycles. The summed E-state index contributed by atoms with van der Waals surface area (Å²) in [5.74, 6) is 0. The summed E-state index contributed by atoms with van der Waals surface area (Å²) >= 11 is 0. The van der Waals surface area contributed by atoms with Crippen molar-refractivity contribution in [3.05, 3.63) is 198 Å². The summed E-state index contributed by atoms with van der Waals surface area (Å²) in [5.41, 5.74) is 15.9. The van der Waals surface area contributed by atoms with E-state index in [1.807, 2.05) is 0 Å². The largest absolute Gasteiger partial charge is 0.308 e. The zero-order valence-corrected chi connectivity index (χ0v) is 28.1. The molecule has 8 aromatic carbocycles. The zero-order chi connectivity index (χ0) is 33.7. The fourth-order valence-corrected chi connectivity index (χ4v) is 10.3. The highest BCUT2D eigenvalue weighted by molar-refractivity contribution is 6.25. The Balaban J connectivity index is 1.26. The predicted molar refractivity (Wildman–Crippen MR) is 216 cm³/mol. The number of rotatable bonds is 2. The van der Waals surface area contributed by atoms with Gasteiger partial charge in [-0.2, -0.15) is 0 Å². The standard InChI is InChI=1S/C49H29N3/c1-3-14-30(15-4-1)49(31-16-5-2-6-17-31)38-22-8-10-25-41(38)51-44-29-45-37(28-36(44)34-19-11-23-39(49)46(34)51)35-21-13-26-42-48(35)52(45)43-27-12-20-33-32-18-7-9-24-40(32)50(42)47(33)43/h1-29H. The SMILES string of the molecule is c1ccc(C2(c3ccccc3)c3ccccc3-n3c4cc5c(cc4c4cccc2c43)c2cccc3c2n5c2cccc4c5ccccc5n3c42)cc1. The molecule has 0 fully saturated rings. The minimum absolute atomic E-state index is 0.483. The number of benzene rings is 8. The van der Waals surface area contributed by atoms with E-state index in [-0.39, 0.29) is 0 Å². The second-order valence-corrected chi connectivity index (χ2v) is 14.5. The van der Waals surface area contributed by atoms with Crippen LogP contribution in [-0.2, 0) is 5.41 Å². The lowest BCUT2D eigenvalue weighted by Gasteiger charge is -2.41. The van der Waals surface area contributed by atoms with Gasteiger partial charge in [-0.3, -0.25) is 0 Å². The highest BCUT2D eigenvalue weighted by atomic mass is 15.0. The van der Waals surface area contributed by atoms with Crippen LogP contribution in [0.25, 0.3) is 82.1 Å². The van der Waals surface area contributed by atoms with Crippen LogP contribution in [0.2, 0.25) is 0 Å². The molecule has 0 bridgehead atoms. The minimum atomic E-state index is -0.483. The van der Waals surface area contributed by atoms with Gasteiger partial charge >= 0.3 is 0 Å². The van der Waals surface area contributed by atoms with E-state index in [0.29, 0.717) is 0 Å². The first-order valence-electron chi connectivity index (χ1n) is 18.1. The molecule has 0 spiro atoms. The van der Waals surface area contributed by atoms with Crippen molar-refractivity contribution in [2.75, 3.05) is 0 Å². The van der Waals surface area contributed by atoms with Crippen LogP contribution in [0.4, 0.5) is 0 Å². The van der Waals surface area contributed by atoms with Gasteiger partial charge in [-0.25, -0.2) is 0 Å². The molecule has 5 heterocycles. The molecule has 4 aromatic heterocycles. The summed E-state index contributed by atoms with van der Waals surface area (Å²) < 4.78 is 7.59. The van der Waals surface area contributed by atoms with E-state index in [1.165, 1.54) is 104 Å². The number of nitrogens with zero attached hydrogens (tertiary/aromatic N) is 3. The van der Waals surface area contributed by atoms with E-state index in [2.05, 4.69) is 189 Å². The van der Waals surface area contributed by atoms with Gasteiger partial charge in [-0.1, -0.05) is 140 Å². The predicted octanol–water partition coefficient (Wildman–Crippen LogP) is 12.0. The molecule has 240 valence electrons. The first-order valence-corrected chi connectivity index (χ1v) is 18.1. The summed E-state index contributed by atoms with van der Waals surface area (Å²) in [6.07, 6.45) is 0. The minimum Gasteiger partial charge on any atom is -0.308 e. The Morgan fingerprint density at radius 3 is 1.54 bits per heavy atom. The van der Waals surface area contributed by atoms with Crippen LogP contribution in [0.5, 0.6) is 0 Å². The lowest BCUT2D eigenvalue weighted by molar-refractivity contribution is 0.728. The van der Waals surface area contributed by atoms with Gasteiger partial charge in [0.2, 0.25) is 0 Å². The summed E-state index contributed by atoms with van der Waals surface area (Å²) in [6, 6.07) is 65.7. The van der Waals surface area contributed by atoms with E-state index in [4.69, 9.17) is 0 Å². The third-order valence-electron chi connectivity index (χ3n) is 12.2. The smallest absolute Gasteiger partial charge is 0.0783 e. The maximum Gasteiger partial charge on any atom is 0.0783 e. The van der Waals surface area contributed by atoms with Crippen LogP contribution in [0.1, 0.15) is 22.3 Å². The normalized spacial score (nSPS) is 13.9.